The standard InChI is InChI=1S/C12H18ClNO4S2/c1-4-14(10(2)9-19(3,15)16)20(17,18)12-8-6-5-7-11(12)13/h5-8,10H,4,9H2,1-3H3/t10-/m1/s1. The fourth-order valence-electron chi connectivity index (χ4n) is 2.02. The molecule has 0 spiro atoms. The van der Waals surface area contributed by atoms with Crippen LogP contribution in [0.5, 0.6) is 0 Å². The van der Waals surface area contributed by atoms with Gasteiger partial charge in [-0.3, -0.25) is 0 Å². The Labute approximate surface area is 125 Å². The molecule has 0 aliphatic heterocycles. The van der Waals surface area contributed by atoms with Gasteiger partial charge in [-0.05, 0) is 19.1 Å². The Bertz CT molecular complexity index is 670. The maximum Gasteiger partial charge on any atom is 0.244 e. The lowest BCUT2D eigenvalue weighted by molar-refractivity contribution is 0.370. The molecule has 0 bridgehead atoms. The molecule has 0 heterocycles. The van der Waals surface area contributed by atoms with Crippen molar-refractivity contribution in [2.75, 3.05) is 18.6 Å². The summed E-state index contributed by atoms with van der Waals surface area (Å²) in [5.41, 5.74) is 0. The van der Waals surface area contributed by atoms with E-state index in [1.54, 1.807) is 26.0 Å². The first-order chi connectivity index (χ1) is 9.09. The van der Waals surface area contributed by atoms with E-state index < -0.39 is 25.9 Å². The molecule has 0 unspecified atom stereocenters. The second kappa shape index (κ2) is 6.43. The molecule has 1 aromatic rings. The van der Waals surface area contributed by atoms with Gasteiger partial charge in [0.05, 0.1) is 10.8 Å². The molecule has 1 atom stereocenters. The summed E-state index contributed by atoms with van der Waals surface area (Å²) in [7, 11) is -7.09. The molecular weight excluding hydrogens is 322 g/mol. The van der Waals surface area contributed by atoms with Crippen molar-refractivity contribution in [3.63, 3.8) is 0 Å². The van der Waals surface area contributed by atoms with E-state index in [-0.39, 0.29) is 22.2 Å². The van der Waals surface area contributed by atoms with Crippen molar-refractivity contribution >= 4 is 31.5 Å². The van der Waals surface area contributed by atoms with Crippen LogP contribution in [-0.4, -0.2) is 45.7 Å². The van der Waals surface area contributed by atoms with Crippen LogP contribution in [0.3, 0.4) is 0 Å². The molecule has 0 radical (unpaired) electrons. The number of hydrogen-bond donors (Lipinski definition) is 0. The summed E-state index contributed by atoms with van der Waals surface area (Å²) in [5, 5.41) is 0.123. The zero-order valence-corrected chi connectivity index (χ0v) is 14.0. The van der Waals surface area contributed by atoms with E-state index in [0.29, 0.717) is 0 Å². The fourth-order valence-corrected chi connectivity index (χ4v) is 5.30. The van der Waals surface area contributed by atoms with Gasteiger partial charge in [0.1, 0.15) is 14.7 Å². The van der Waals surface area contributed by atoms with Gasteiger partial charge in [0.25, 0.3) is 0 Å². The van der Waals surface area contributed by atoms with Gasteiger partial charge in [-0.2, -0.15) is 4.31 Å². The third kappa shape index (κ3) is 4.18. The normalized spacial score (nSPS) is 14.4. The smallest absolute Gasteiger partial charge is 0.229 e. The molecule has 0 aliphatic carbocycles. The molecule has 0 saturated heterocycles. The number of sulfone groups is 1. The van der Waals surface area contributed by atoms with Crippen LogP contribution in [0.2, 0.25) is 5.02 Å². The lowest BCUT2D eigenvalue weighted by Gasteiger charge is -2.27. The highest BCUT2D eigenvalue weighted by Crippen LogP contribution is 2.25. The van der Waals surface area contributed by atoms with E-state index >= 15 is 0 Å². The average Bonchev–Trinajstić information content (AvgIpc) is 2.27. The van der Waals surface area contributed by atoms with Crippen molar-refractivity contribution in [2.24, 2.45) is 0 Å². The lowest BCUT2D eigenvalue weighted by atomic mass is 10.4. The summed E-state index contributed by atoms with van der Waals surface area (Å²) >= 11 is 5.92. The summed E-state index contributed by atoms with van der Waals surface area (Å²) in [5.74, 6) is -0.232. The Balaban J connectivity index is 3.21. The van der Waals surface area contributed by atoms with Gasteiger partial charge in [-0.25, -0.2) is 16.8 Å². The van der Waals surface area contributed by atoms with E-state index in [1.807, 2.05) is 0 Å². The van der Waals surface area contributed by atoms with Gasteiger partial charge in [0.2, 0.25) is 10.0 Å². The van der Waals surface area contributed by atoms with E-state index in [4.69, 9.17) is 11.6 Å². The highest BCUT2D eigenvalue weighted by Gasteiger charge is 2.30. The number of sulfonamides is 1. The Morgan fingerprint density at radius 3 is 2.20 bits per heavy atom. The van der Waals surface area contributed by atoms with Gasteiger partial charge in [-0.1, -0.05) is 30.7 Å². The minimum atomic E-state index is -3.82. The van der Waals surface area contributed by atoms with Gasteiger partial charge < -0.3 is 0 Å². The highest BCUT2D eigenvalue weighted by atomic mass is 35.5. The largest absolute Gasteiger partial charge is 0.244 e. The van der Waals surface area contributed by atoms with Crippen molar-refractivity contribution in [1.82, 2.24) is 4.31 Å². The summed E-state index contributed by atoms with van der Waals surface area (Å²) in [6.45, 7) is 3.40. The molecule has 0 N–H and O–H groups in total. The monoisotopic (exact) mass is 339 g/mol. The van der Waals surface area contributed by atoms with Crippen molar-refractivity contribution in [1.29, 1.82) is 0 Å². The Morgan fingerprint density at radius 1 is 1.20 bits per heavy atom. The fraction of sp³-hybridized carbons (Fsp3) is 0.500. The zero-order chi connectivity index (χ0) is 15.6. The second-order valence-electron chi connectivity index (χ2n) is 4.58. The van der Waals surface area contributed by atoms with Crippen LogP contribution in [0, 0.1) is 0 Å². The predicted octanol–water partition coefficient (Wildman–Crippen LogP) is 1.78. The molecule has 0 fully saturated rings. The van der Waals surface area contributed by atoms with Crippen LogP contribution in [0.25, 0.3) is 0 Å². The molecule has 0 aromatic heterocycles. The van der Waals surface area contributed by atoms with Crippen LogP contribution < -0.4 is 0 Å². The summed E-state index contributed by atoms with van der Waals surface area (Å²) in [4.78, 5) is -0.0103. The molecule has 0 saturated carbocycles. The molecule has 1 rings (SSSR count). The van der Waals surface area contributed by atoms with Gasteiger partial charge in [0.15, 0.2) is 0 Å². The Morgan fingerprint density at radius 2 is 1.75 bits per heavy atom. The Kier molecular flexibility index (Phi) is 5.60. The van der Waals surface area contributed by atoms with Crippen LogP contribution in [0.15, 0.2) is 29.2 Å². The van der Waals surface area contributed by atoms with Crippen molar-refractivity contribution in [3.8, 4) is 0 Å². The molecule has 8 heteroatoms. The maximum atomic E-state index is 12.6. The van der Waals surface area contributed by atoms with Gasteiger partial charge >= 0.3 is 0 Å². The van der Waals surface area contributed by atoms with Crippen LogP contribution in [0.4, 0.5) is 0 Å². The minimum Gasteiger partial charge on any atom is -0.229 e. The topological polar surface area (TPSA) is 71.5 Å². The summed E-state index contributed by atoms with van der Waals surface area (Å²) < 4.78 is 49.0. The van der Waals surface area contributed by atoms with Crippen molar-refractivity contribution in [2.45, 2.75) is 24.8 Å². The molecule has 20 heavy (non-hydrogen) atoms. The van der Waals surface area contributed by atoms with E-state index in [9.17, 15) is 16.8 Å². The lowest BCUT2D eigenvalue weighted by Crippen LogP contribution is -2.42. The van der Waals surface area contributed by atoms with Crippen LogP contribution in [0.1, 0.15) is 13.8 Å². The number of hydrogen-bond acceptors (Lipinski definition) is 4. The van der Waals surface area contributed by atoms with Crippen LogP contribution in [-0.2, 0) is 19.9 Å². The third-order valence-corrected chi connectivity index (χ3v) is 6.45. The third-order valence-electron chi connectivity index (χ3n) is 2.77. The van der Waals surface area contributed by atoms with E-state index in [2.05, 4.69) is 0 Å². The zero-order valence-electron chi connectivity index (χ0n) is 11.6. The Hall–Kier alpha value is -0.630. The maximum absolute atomic E-state index is 12.6. The number of rotatable bonds is 6. The molecule has 114 valence electrons. The molecule has 5 nitrogen and oxygen atoms in total. The first-order valence-electron chi connectivity index (χ1n) is 6.03. The van der Waals surface area contributed by atoms with Gasteiger partial charge in [-0.15, -0.1) is 0 Å². The minimum absolute atomic E-state index is 0.0103. The van der Waals surface area contributed by atoms with Crippen molar-refractivity contribution < 1.29 is 16.8 Å². The quantitative estimate of drug-likeness (QED) is 0.792. The predicted molar refractivity (Wildman–Crippen MR) is 80.2 cm³/mol. The second-order valence-corrected chi connectivity index (χ2v) is 9.03. The first-order valence-corrected chi connectivity index (χ1v) is 9.91. The number of nitrogens with zero attached hydrogens (tertiary/aromatic N) is 1. The highest BCUT2D eigenvalue weighted by molar-refractivity contribution is 7.91. The van der Waals surface area contributed by atoms with E-state index in [1.165, 1.54) is 12.1 Å². The summed E-state index contributed by atoms with van der Waals surface area (Å²) in [6.07, 6.45) is 1.08. The average molecular weight is 340 g/mol. The molecule has 0 amide bonds. The van der Waals surface area contributed by atoms with E-state index in [0.717, 1.165) is 10.6 Å². The molecule has 1 aromatic carbocycles. The SMILES string of the molecule is CCN([C@H](C)CS(C)(=O)=O)S(=O)(=O)c1ccccc1Cl. The molecular formula is C12H18ClNO4S2. The van der Waals surface area contributed by atoms with Crippen LogP contribution >= 0.6 is 11.6 Å². The van der Waals surface area contributed by atoms with Gasteiger partial charge in [0, 0.05) is 18.8 Å². The number of benzene rings is 1. The van der Waals surface area contributed by atoms with Crippen molar-refractivity contribution in [3.05, 3.63) is 29.3 Å². The first kappa shape index (κ1) is 17.4. The number of halogens is 1. The summed E-state index contributed by atoms with van der Waals surface area (Å²) in [6, 6.07) is 5.46. The molecule has 0 aliphatic rings.